The zero-order valence-electron chi connectivity index (χ0n) is 20.5. The summed E-state index contributed by atoms with van der Waals surface area (Å²) in [6.45, 7) is 0. The number of nitrogens with zero attached hydrogens (tertiary/aromatic N) is 1. The Labute approximate surface area is 215 Å². The Hall–Kier alpha value is -3.40. The molecule has 196 valence electrons. The van der Waals surface area contributed by atoms with E-state index in [1.807, 2.05) is 0 Å². The molecule has 2 saturated carbocycles. The van der Waals surface area contributed by atoms with Gasteiger partial charge in [0.2, 0.25) is 0 Å². The average molecular weight is 509 g/mol. The second-order valence-electron chi connectivity index (χ2n) is 9.78. The van der Waals surface area contributed by atoms with Gasteiger partial charge in [0.05, 0.1) is 34.5 Å². The summed E-state index contributed by atoms with van der Waals surface area (Å²) < 4.78 is 4.35. The van der Waals surface area contributed by atoms with Gasteiger partial charge in [-0.15, -0.1) is 0 Å². The van der Waals surface area contributed by atoms with Crippen LogP contribution >= 0.6 is 0 Å². The molecule has 2 aromatic carbocycles. The van der Waals surface area contributed by atoms with Crippen molar-refractivity contribution in [1.29, 1.82) is 0 Å². The van der Waals surface area contributed by atoms with Crippen LogP contribution in [0.1, 0.15) is 92.8 Å². The van der Waals surface area contributed by atoms with E-state index < -0.39 is 11.9 Å². The number of rotatable bonds is 1. The van der Waals surface area contributed by atoms with Crippen LogP contribution in [0.2, 0.25) is 0 Å². The first-order valence-corrected chi connectivity index (χ1v) is 12.7. The van der Waals surface area contributed by atoms with Crippen molar-refractivity contribution in [2.45, 2.75) is 75.7 Å². The van der Waals surface area contributed by atoms with Crippen molar-refractivity contribution in [2.75, 3.05) is 0 Å². The van der Waals surface area contributed by atoms with E-state index in [0.717, 1.165) is 25.7 Å². The Morgan fingerprint density at radius 3 is 1.41 bits per heavy atom. The Bertz CT molecular complexity index is 1090. The monoisotopic (exact) mass is 508 g/mol. The molecule has 37 heavy (non-hydrogen) atoms. The van der Waals surface area contributed by atoms with E-state index in [1.165, 1.54) is 4.90 Å². The predicted octanol–water partition coefficient (Wildman–Crippen LogP) is 2.83. The normalized spacial score (nSPS) is 26.3. The molecule has 2 fully saturated rings. The zero-order chi connectivity index (χ0) is 26.5. The summed E-state index contributed by atoms with van der Waals surface area (Å²) in [6, 6.07) is 13.8. The number of carbonyl (C=O) groups excluding carboxylic acids is 4. The number of hydrogen-bond acceptors (Lipinski definition) is 8. The van der Waals surface area contributed by atoms with Crippen molar-refractivity contribution < 1.29 is 34.1 Å². The molecule has 0 spiro atoms. The number of nitrogens with two attached hydrogens (primary N) is 1. The van der Waals surface area contributed by atoms with Crippen LogP contribution in [0.4, 0.5) is 0 Å². The van der Waals surface area contributed by atoms with Crippen molar-refractivity contribution in [1.82, 2.24) is 4.90 Å². The second-order valence-corrected chi connectivity index (χ2v) is 9.78. The van der Waals surface area contributed by atoms with E-state index in [1.54, 1.807) is 48.5 Å². The van der Waals surface area contributed by atoms with E-state index in [4.69, 9.17) is 10.8 Å². The van der Waals surface area contributed by atoms with Crippen LogP contribution in [0.3, 0.4) is 0 Å². The molecule has 2 aliphatic carbocycles. The largest absolute Gasteiger partial charge is 0.393 e. The lowest BCUT2D eigenvalue weighted by Gasteiger charge is -2.31. The van der Waals surface area contributed by atoms with E-state index in [9.17, 15) is 24.3 Å². The standard InChI is InChI=1S/C14H15NO3.C8H4O3.C6H13NO/c16-10-7-5-9(6-8-10)15-13(17)11-3-1-2-4-12(11)14(15)18;9-7-5-3-1-2-4-6(5)8(10)11-7;7-5-1-3-6(8)4-2-5/h1-4,9-10,16H,5-8H2;1-4H;5-6,8H,1-4,7H2. The smallest absolute Gasteiger partial charge is 0.346 e. The number of esters is 2. The minimum Gasteiger partial charge on any atom is -0.393 e. The summed E-state index contributed by atoms with van der Waals surface area (Å²) in [6.07, 6.45) is 6.20. The number of aliphatic hydroxyl groups excluding tert-OH is 2. The summed E-state index contributed by atoms with van der Waals surface area (Å²) in [7, 11) is 0. The fraction of sp³-hybridized carbons (Fsp3) is 0.429. The van der Waals surface area contributed by atoms with Gasteiger partial charge in [-0.2, -0.15) is 0 Å². The lowest BCUT2D eigenvalue weighted by atomic mass is 9.92. The van der Waals surface area contributed by atoms with E-state index >= 15 is 0 Å². The first-order chi connectivity index (χ1) is 17.8. The lowest BCUT2D eigenvalue weighted by molar-refractivity contribution is 0.0433. The van der Waals surface area contributed by atoms with E-state index in [0.29, 0.717) is 54.0 Å². The van der Waals surface area contributed by atoms with Gasteiger partial charge in [-0.1, -0.05) is 24.3 Å². The second kappa shape index (κ2) is 11.8. The van der Waals surface area contributed by atoms with Crippen LogP contribution in [-0.4, -0.2) is 63.2 Å². The highest BCUT2D eigenvalue weighted by Crippen LogP contribution is 2.31. The number of cyclic esters (lactones) is 2. The van der Waals surface area contributed by atoms with Crippen molar-refractivity contribution in [3.05, 3.63) is 70.8 Å². The van der Waals surface area contributed by atoms with E-state index in [2.05, 4.69) is 4.74 Å². The molecular formula is C28H32N2O7. The number of benzene rings is 2. The summed E-state index contributed by atoms with van der Waals surface area (Å²) in [5.74, 6) is -1.47. The molecule has 2 heterocycles. The first kappa shape index (κ1) is 26.7. The molecule has 0 atom stereocenters. The van der Waals surface area contributed by atoms with Crippen LogP contribution in [0.25, 0.3) is 0 Å². The van der Waals surface area contributed by atoms with Crippen LogP contribution in [0.5, 0.6) is 0 Å². The molecule has 0 bridgehead atoms. The molecule has 2 amide bonds. The number of imide groups is 1. The van der Waals surface area contributed by atoms with Gasteiger partial charge in [-0.25, -0.2) is 9.59 Å². The van der Waals surface area contributed by atoms with Gasteiger partial charge in [0.25, 0.3) is 11.8 Å². The number of aliphatic hydroxyl groups is 2. The average Bonchev–Trinajstić information content (AvgIpc) is 3.34. The highest BCUT2D eigenvalue weighted by atomic mass is 16.6. The van der Waals surface area contributed by atoms with Crippen LogP contribution < -0.4 is 5.73 Å². The summed E-state index contributed by atoms with van der Waals surface area (Å²) >= 11 is 0. The SMILES string of the molecule is NC1CCC(O)CC1.O=C1OC(=O)c2ccccc21.O=C1c2ccccc2C(=O)N1C1CCC(O)CC1. The summed E-state index contributed by atoms with van der Waals surface area (Å²) in [5.41, 5.74) is 7.32. The zero-order valence-corrected chi connectivity index (χ0v) is 20.5. The Balaban J connectivity index is 0.000000143. The maximum Gasteiger partial charge on any atom is 0.346 e. The van der Waals surface area contributed by atoms with Gasteiger partial charge in [0.15, 0.2) is 0 Å². The van der Waals surface area contributed by atoms with Crippen molar-refractivity contribution >= 4 is 23.8 Å². The Kier molecular flexibility index (Phi) is 8.48. The lowest BCUT2D eigenvalue weighted by Crippen LogP contribution is -2.42. The fourth-order valence-corrected chi connectivity index (χ4v) is 4.99. The number of carbonyl (C=O) groups is 4. The summed E-state index contributed by atoms with van der Waals surface area (Å²) in [5, 5.41) is 18.5. The minimum atomic E-state index is -0.550. The molecule has 0 radical (unpaired) electrons. The van der Waals surface area contributed by atoms with Crippen LogP contribution in [-0.2, 0) is 4.74 Å². The Morgan fingerprint density at radius 1 is 0.622 bits per heavy atom. The third-order valence-corrected chi connectivity index (χ3v) is 7.15. The maximum absolute atomic E-state index is 12.2. The maximum atomic E-state index is 12.2. The third-order valence-electron chi connectivity index (χ3n) is 7.15. The number of ether oxygens (including phenoxy) is 1. The van der Waals surface area contributed by atoms with Gasteiger partial charge < -0.3 is 20.7 Å². The quantitative estimate of drug-likeness (QED) is 0.303. The molecule has 4 aliphatic rings. The van der Waals surface area contributed by atoms with Crippen LogP contribution in [0, 0.1) is 0 Å². The fourth-order valence-electron chi connectivity index (χ4n) is 4.99. The first-order valence-electron chi connectivity index (χ1n) is 12.7. The molecule has 0 saturated heterocycles. The number of amides is 2. The van der Waals surface area contributed by atoms with Gasteiger partial charge in [0, 0.05) is 12.1 Å². The number of hydrogen-bond donors (Lipinski definition) is 3. The topological polar surface area (TPSA) is 147 Å². The van der Waals surface area contributed by atoms with Crippen molar-refractivity contribution in [2.24, 2.45) is 5.73 Å². The van der Waals surface area contributed by atoms with Gasteiger partial charge in [0.1, 0.15) is 0 Å². The van der Waals surface area contributed by atoms with Crippen molar-refractivity contribution in [3.8, 4) is 0 Å². The van der Waals surface area contributed by atoms with Gasteiger partial charge in [-0.3, -0.25) is 14.5 Å². The molecule has 2 aliphatic heterocycles. The molecule has 9 heteroatoms. The van der Waals surface area contributed by atoms with Crippen molar-refractivity contribution in [3.63, 3.8) is 0 Å². The molecule has 9 nitrogen and oxygen atoms in total. The predicted molar refractivity (Wildman–Crippen MR) is 134 cm³/mol. The van der Waals surface area contributed by atoms with Gasteiger partial charge in [-0.05, 0) is 75.6 Å². The minimum absolute atomic E-state index is 0.0548. The number of fused-ring (bicyclic) bond motifs is 2. The molecule has 4 N–H and O–H groups in total. The molecule has 0 unspecified atom stereocenters. The Morgan fingerprint density at radius 2 is 1.00 bits per heavy atom. The molecule has 2 aromatic rings. The molecule has 0 aromatic heterocycles. The molecule has 6 rings (SSSR count). The van der Waals surface area contributed by atoms with Crippen LogP contribution in [0.15, 0.2) is 48.5 Å². The third kappa shape index (κ3) is 6.12. The highest BCUT2D eigenvalue weighted by molar-refractivity contribution is 6.21. The summed E-state index contributed by atoms with van der Waals surface area (Å²) in [4.78, 5) is 47.5. The van der Waals surface area contributed by atoms with E-state index in [-0.39, 0.29) is 30.1 Å². The van der Waals surface area contributed by atoms with Gasteiger partial charge >= 0.3 is 11.9 Å². The highest BCUT2D eigenvalue weighted by Gasteiger charge is 2.40. The molecular weight excluding hydrogens is 476 g/mol.